The quantitative estimate of drug-likeness (QED) is 0.699. The highest BCUT2D eigenvalue weighted by Gasteiger charge is 2.30. The van der Waals surface area contributed by atoms with Crippen molar-refractivity contribution >= 4 is 23.4 Å². The summed E-state index contributed by atoms with van der Waals surface area (Å²) < 4.78 is 0. The molecule has 156 valence electrons. The maximum atomic E-state index is 13.3. The fourth-order valence-corrected chi connectivity index (χ4v) is 3.52. The van der Waals surface area contributed by atoms with Gasteiger partial charge in [-0.2, -0.15) is 0 Å². The molecule has 0 saturated carbocycles. The standard InChI is InChI=1S/C24H31ClN2O2/c1-6-21(23(29)26-24(3,4)5)27(16-19-11-7-9-17(2)13-19)22(28)15-18-10-8-12-20(25)14-18/h7-14,21H,6,15-16H2,1-5H3,(H,26,29)/t21-/m1/s1. The number of carbonyl (C=O) groups is 2. The number of hydrogen-bond acceptors (Lipinski definition) is 2. The molecule has 0 aliphatic rings. The van der Waals surface area contributed by atoms with Crippen molar-refractivity contribution in [1.82, 2.24) is 10.2 Å². The number of amides is 2. The molecule has 1 atom stereocenters. The van der Waals surface area contributed by atoms with Gasteiger partial charge in [0.1, 0.15) is 6.04 Å². The summed E-state index contributed by atoms with van der Waals surface area (Å²) in [6.07, 6.45) is 0.737. The SMILES string of the molecule is CC[C@H](C(=O)NC(C)(C)C)N(Cc1cccc(C)c1)C(=O)Cc1cccc(Cl)c1. The van der Waals surface area contributed by atoms with Crippen LogP contribution < -0.4 is 5.32 Å². The van der Waals surface area contributed by atoms with Crippen LogP contribution in [0.15, 0.2) is 48.5 Å². The van der Waals surface area contributed by atoms with Crippen LogP contribution in [0, 0.1) is 6.92 Å². The van der Waals surface area contributed by atoms with Gasteiger partial charge in [0.25, 0.3) is 0 Å². The molecule has 1 N–H and O–H groups in total. The highest BCUT2D eigenvalue weighted by atomic mass is 35.5. The second-order valence-electron chi connectivity index (χ2n) is 8.48. The van der Waals surface area contributed by atoms with Gasteiger partial charge in [-0.1, -0.05) is 60.5 Å². The van der Waals surface area contributed by atoms with Crippen molar-refractivity contribution in [3.8, 4) is 0 Å². The van der Waals surface area contributed by atoms with Gasteiger partial charge in [-0.3, -0.25) is 9.59 Å². The lowest BCUT2D eigenvalue weighted by Gasteiger charge is -2.33. The summed E-state index contributed by atoms with van der Waals surface area (Å²) in [6.45, 7) is 10.2. The van der Waals surface area contributed by atoms with Crippen molar-refractivity contribution in [2.45, 2.75) is 65.6 Å². The molecule has 29 heavy (non-hydrogen) atoms. The van der Waals surface area contributed by atoms with Crippen LogP contribution in [0.1, 0.15) is 50.8 Å². The number of aryl methyl sites for hydroxylation is 1. The lowest BCUT2D eigenvalue weighted by Crippen LogP contribution is -2.53. The van der Waals surface area contributed by atoms with Crippen LogP contribution in [0.5, 0.6) is 0 Å². The fraction of sp³-hybridized carbons (Fsp3) is 0.417. The summed E-state index contributed by atoms with van der Waals surface area (Å²) in [5, 5.41) is 3.62. The topological polar surface area (TPSA) is 49.4 Å². The average molecular weight is 415 g/mol. The molecular formula is C24H31ClN2O2. The average Bonchev–Trinajstić information content (AvgIpc) is 2.60. The van der Waals surface area contributed by atoms with Gasteiger partial charge in [-0.25, -0.2) is 0 Å². The van der Waals surface area contributed by atoms with Crippen molar-refractivity contribution in [1.29, 1.82) is 0 Å². The number of benzene rings is 2. The third-order valence-corrected chi connectivity index (χ3v) is 4.80. The van der Waals surface area contributed by atoms with Crippen molar-refractivity contribution in [2.75, 3.05) is 0 Å². The fourth-order valence-electron chi connectivity index (χ4n) is 3.30. The van der Waals surface area contributed by atoms with Crippen LogP contribution in [-0.2, 0) is 22.6 Å². The number of rotatable bonds is 7. The Morgan fingerprint density at radius 3 is 2.31 bits per heavy atom. The van der Waals surface area contributed by atoms with E-state index in [0.29, 0.717) is 18.0 Å². The second kappa shape index (κ2) is 9.93. The maximum absolute atomic E-state index is 13.3. The molecule has 0 fully saturated rings. The molecule has 0 bridgehead atoms. The number of nitrogens with one attached hydrogen (secondary N) is 1. The van der Waals surface area contributed by atoms with E-state index in [4.69, 9.17) is 11.6 Å². The molecule has 2 amide bonds. The first kappa shape index (κ1) is 23.0. The molecule has 0 spiro atoms. The lowest BCUT2D eigenvalue weighted by atomic mass is 10.0. The van der Waals surface area contributed by atoms with E-state index in [9.17, 15) is 9.59 Å². The molecule has 2 rings (SSSR count). The molecule has 0 aliphatic heterocycles. The highest BCUT2D eigenvalue weighted by molar-refractivity contribution is 6.30. The Hall–Kier alpha value is -2.33. The molecular weight excluding hydrogens is 384 g/mol. The van der Waals surface area contributed by atoms with E-state index in [0.717, 1.165) is 16.7 Å². The Morgan fingerprint density at radius 2 is 1.72 bits per heavy atom. The van der Waals surface area contributed by atoms with E-state index in [-0.39, 0.29) is 23.8 Å². The lowest BCUT2D eigenvalue weighted by molar-refractivity contribution is -0.141. The first-order chi connectivity index (χ1) is 13.6. The first-order valence-corrected chi connectivity index (χ1v) is 10.4. The Balaban J connectivity index is 2.32. The van der Waals surface area contributed by atoms with E-state index in [1.54, 1.807) is 17.0 Å². The van der Waals surface area contributed by atoms with Gasteiger partial charge in [-0.05, 0) is 57.4 Å². The Bertz CT molecular complexity index is 858. The van der Waals surface area contributed by atoms with E-state index < -0.39 is 6.04 Å². The predicted molar refractivity (Wildman–Crippen MR) is 119 cm³/mol. The molecule has 0 aliphatic carbocycles. The number of nitrogens with zero attached hydrogens (tertiary/aromatic N) is 1. The zero-order chi connectivity index (χ0) is 21.6. The second-order valence-corrected chi connectivity index (χ2v) is 8.92. The number of hydrogen-bond donors (Lipinski definition) is 1. The zero-order valence-corrected chi connectivity index (χ0v) is 18.7. The highest BCUT2D eigenvalue weighted by Crippen LogP contribution is 2.18. The molecule has 0 unspecified atom stereocenters. The Labute approximate surface area is 179 Å². The zero-order valence-electron chi connectivity index (χ0n) is 18.0. The molecule has 0 saturated heterocycles. The number of halogens is 1. The van der Waals surface area contributed by atoms with E-state index in [1.807, 2.05) is 71.0 Å². The van der Waals surface area contributed by atoms with Gasteiger partial charge in [-0.15, -0.1) is 0 Å². The molecule has 0 heterocycles. The Kier molecular flexibility index (Phi) is 7.86. The normalized spacial score (nSPS) is 12.3. The van der Waals surface area contributed by atoms with Crippen molar-refractivity contribution in [2.24, 2.45) is 0 Å². The monoisotopic (exact) mass is 414 g/mol. The van der Waals surface area contributed by atoms with Gasteiger partial charge in [0.15, 0.2) is 0 Å². The third kappa shape index (κ3) is 7.21. The Morgan fingerprint density at radius 1 is 1.07 bits per heavy atom. The largest absolute Gasteiger partial charge is 0.350 e. The van der Waals surface area contributed by atoms with Crippen molar-refractivity contribution in [3.05, 3.63) is 70.2 Å². The van der Waals surface area contributed by atoms with Crippen LogP contribution >= 0.6 is 11.6 Å². The minimum Gasteiger partial charge on any atom is -0.350 e. The van der Waals surface area contributed by atoms with Gasteiger partial charge < -0.3 is 10.2 Å². The summed E-state index contributed by atoms with van der Waals surface area (Å²) in [5.74, 6) is -0.225. The minimum absolute atomic E-state index is 0.0929. The van der Waals surface area contributed by atoms with Gasteiger partial charge in [0, 0.05) is 17.1 Å². The van der Waals surface area contributed by atoms with Crippen molar-refractivity contribution < 1.29 is 9.59 Å². The third-order valence-electron chi connectivity index (χ3n) is 4.56. The molecule has 5 heteroatoms. The summed E-state index contributed by atoms with van der Waals surface area (Å²) in [4.78, 5) is 28.0. The summed E-state index contributed by atoms with van der Waals surface area (Å²) >= 11 is 6.08. The molecule has 0 aromatic heterocycles. The smallest absolute Gasteiger partial charge is 0.243 e. The summed E-state index contributed by atoms with van der Waals surface area (Å²) in [6, 6.07) is 14.8. The van der Waals surface area contributed by atoms with Crippen LogP contribution in [-0.4, -0.2) is 28.3 Å². The van der Waals surface area contributed by atoms with Gasteiger partial charge in [0.05, 0.1) is 6.42 Å². The van der Waals surface area contributed by atoms with E-state index in [2.05, 4.69) is 5.32 Å². The summed E-state index contributed by atoms with van der Waals surface area (Å²) in [7, 11) is 0. The van der Waals surface area contributed by atoms with Crippen LogP contribution in [0.4, 0.5) is 0 Å². The van der Waals surface area contributed by atoms with E-state index in [1.165, 1.54) is 0 Å². The van der Waals surface area contributed by atoms with Crippen molar-refractivity contribution in [3.63, 3.8) is 0 Å². The number of carbonyl (C=O) groups excluding carboxylic acids is 2. The first-order valence-electron chi connectivity index (χ1n) is 10.0. The molecule has 0 radical (unpaired) electrons. The molecule has 2 aromatic rings. The van der Waals surface area contributed by atoms with Crippen LogP contribution in [0.3, 0.4) is 0 Å². The van der Waals surface area contributed by atoms with Crippen LogP contribution in [0.25, 0.3) is 0 Å². The maximum Gasteiger partial charge on any atom is 0.243 e. The predicted octanol–water partition coefficient (Wildman–Crippen LogP) is 4.91. The molecule has 2 aromatic carbocycles. The van der Waals surface area contributed by atoms with Gasteiger partial charge >= 0.3 is 0 Å². The van der Waals surface area contributed by atoms with Crippen LogP contribution in [0.2, 0.25) is 5.02 Å². The molecule has 4 nitrogen and oxygen atoms in total. The van der Waals surface area contributed by atoms with Gasteiger partial charge in [0.2, 0.25) is 11.8 Å². The summed E-state index contributed by atoms with van der Waals surface area (Å²) in [5.41, 5.74) is 2.60. The van der Waals surface area contributed by atoms with E-state index >= 15 is 0 Å². The minimum atomic E-state index is -0.540.